The highest BCUT2D eigenvalue weighted by Crippen LogP contribution is 2.21. The van der Waals surface area contributed by atoms with Crippen LogP contribution < -0.4 is 10.6 Å². The van der Waals surface area contributed by atoms with E-state index in [2.05, 4.69) is 15.6 Å². The van der Waals surface area contributed by atoms with Crippen LogP contribution in [0.3, 0.4) is 0 Å². The molecule has 18 heavy (non-hydrogen) atoms. The van der Waals surface area contributed by atoms with Gasteiger partial charge < -0.3 is 10.6 Å². The zero-order valence-electron chi connectivity index (χ0n) is 11.3. The number of carbonyl (C=O) groups excluding carboxylic acids is 2. The Morgan fingerprint density at radius 1 is 1.28 bits per heavy atom. The van der Waals surface area contributed by atoms with Crippen molar-refractivity contribution in [2.75, 3.05) is 5.32 Å². The summed E-state index contributed by atoms with van der Waals surface area (Å²) in [5.74, 6) is -0.416. The quantitative estimate of drug-likeness (QED) is 0.876. The predicted molar refractivity (Wildman–Crippen MR) is 72.7 cm³/mol. The third-order valence-corrected chi connectivity index (χ3v) is 3.55. The Morgan fingerprint density at radius 3 is 2.28 bits per heavy atom. The van der Waals surface area contributed by atoms with Crippen molar-refractivity contribution in [2.45, 2.75) is 40.7 Å². The van der Waals surface area contributed by atoms with Gasteiger partial charge in [0.25, 0.3) is 0 Å². The fourth-order valence-electron chi connectivity index (χ4n) is 1.46. The zero-order chi connectivity index (χ0) is 13.9. The third kappa shape index (κ3) is 3.80. The van der Waals surface area contributed by atoms with Crippen molar-refractivity contribution in [3.05, 3.63) is 10.6 Å². The standard InChI is InChI=1S/C12H19N3O2S/c1-6(2)10(14-9(5)16)11(17)15-12-13-7(3)8(4)18-12/h6,10H,1-5H3,(H,14,16)(H,13,15,17)/t10-/m0/s1. The van der Waals surface area contributed by atoms with E-state index in [1.54, 1.807) is 0 Å². The van der Waals surface area contributed by atoms with Gasteiger partial charge in [-0.3, -0.25) is 9.59 Å². The Hall–Kier alpha value is -1.43. The van der Waals surface area contributed by atoms with Gasteiger partial charge in [-0.25, -0.2) is 4.98 Å². The van der Waals surface area contributed by atoms with Gasteiger partial charge in [0.15, 0.2) is 5.13 Å². The van der Waals surface area contributed by atoms with E-state index in [-0.39, 0.29) is 17.7 Å². The molecule has 0 aliphatic heterocycles. The lowest BCUT2D eigenvalue weighted by molar-refractivity contribution is -0.126. The summed E-state index contributed by atoms with van der Waals surface area (Å²) in [6, 6.07) is -0.535. The van der Waals surface area contributed by atoms with E-state index in [4.69, 9.17) is 0 Å². The van der Waals surface area contributed by atoms with Crippen LogP contribution in [-0.4, -0.2) is 22.8 Å². The molecule has 0 fully saturated rings. The maximum atomic E-state index is 12.1. The fourth-order valence-corrected chi connectivity index (χ4v) is 2.28. The Bertz CT molecular complexity index is 435. The maximum Gasteiger partial charge on any atom is 0.248 e. The van der Waals surface area contributed by atoms with Crippen molar-refractivity contribution in [3.8, 4) is 0 Å². The summed E-state index contributed by atoms with van der Waals surface area (Å²) in [6.07, 6.45) is 0. The van der Waals surface area contributed by atoms with Crippen LogP contribution in [0.2, 0.25) is 0 Å². The number of hydrogen-bond donors (Lipinski definition) is 2. The molecule has 0 radical (unpaired) electrons. The van der Waals surface area contributed by atoms with Crippen LogP contribution in [0.1, 0.15) is 31.3 Å². The van der Waals surface area contributed by atoms with Gasteiger partial charge >= 0.3 is 0 Å². The summed E-state index contributed by atoms with van der Waals surface area (Å²) >= 11 is 1.43. The van der Waals surface area contributed by atoms with Gasteiger partial charge in [-0.2, -0.15) is 0 Å². The molecule has 1 aromatic rings. The summed E-state index contributed by atoms with van der Waals surface area (Å²) in [7, 11) is 0. The first-order valence-electron chi connectivity index (χ1n) is 5.83. The molecule has 0 aliphatic carbocycles. The summed E-state index contributed by atoms with van der Waals surface area (Å²) in [5, 5.41) is 5.97. The first-order valence-corrected chi connectivity index (χ1v) is 6.65. The molecule has 0 spiro atoms. The monoisotopic (exact) mass is 269 g/mol. The van der Waals surface area contributed by atoms with E-state index in [9.17, 15) is 9.59 Å². The fraction of sp³-hybridized carbons (Fsp3) is 0.583. The van der Waals surface area contributed by atoms with Crippen molar-refractivity contribution in [1.29, 1.82) is 0 Å². The van der Waals surface area contributed by atoms with Crippen LogP contribution in [-0.2, 0) is 9.59 Å². The van der Waals surface area contributed by atoms with Crippen LogP contribution >= 0.6 is 11.3 Å². The summed E-state index contributed by atoms with van der Waals surface area (Å²) in [4.78, 5) is 28.4. The SMILES string of the molecule is CC(=O)N[C@H](C(=O)Nc1nc(C)c(C)s1)C(C)C. The van der Waals surface area contributed by atoms with Gasteiger partial charge in [0, 0.05) is 11.8 Å². The van der Waals surface area contributed by atoms with E-state index in [0.717, 1.165) is 10.6 Å². The highest BCUT2D eigenvalue weighted by Gasteiger charge is 2.23. The van der Waals surface area contributed by atoms with Gasteiger partial charge in [-0.15, -0.1) is 11.3 Å². The highest BCUT2D eigenvalue weighted by atomic mass is 32.1. The molecule has 1 rings (SSSR count). The number of amides is 2. The van der Waals surface area contributed by atoms with Crippen molar-refractivity contribution < 1.29 is 9.59 Å². The molecule has 1 heterocycles. The number of anilines is 1. The number of nitrogens with zero attached hydrogens (tertiary/aromatic N) is 1. The number of aromatic nitrogens is 1. The molecular weight excluding hydrogens is 250 g/mol. The Balaban J connectivity index is 2.75. The topological polar surface area (TPSA) is 71.1 Å². The molecule has 6 heteroatoms. The van der Waals surface area contributed by atoms with Gasteiger partial charge in [-0.05, 0) is 19.8 Å². The van der Waals surface area contributed by atoms with Crippen LogP contribution in [0.4, 0.5) is 5.13 Å². The predicted octanol–water partition coefficient (Wildman–Crippen LogP) is 1.86. The molecule has 100 valence electrons. The van der Waals surface area contributed by atoms with Crippen molar-refractivity contribution in [1.82, 2.24) is 10.3 Å². The molecule has 1 atom stereocenters. The minimum Gasteiger partial charge on any atom is -0.344 e. The lowest BCUT2D eigenvalue weighted by Crippen LogP contribution is -2.46. The zero-order valence-corrected chi connectivity index (χ0v) is 12.1. The molecule has 0 bridgehead atoms. The average Bonchev–Trinajstić information content (AvgIpc) is 2.53. The minimum absolute atomic E-state index is 0.0241. The molecule has 2 N–H and O–H groups in total. The smallest absolute Gasteiger partial charge is 0.248 e. The largest absolute Gasteiger partial charge is 0.344 e. The summed E-state index contributed by atoms with van der Waals surface area (Å²) in [6.45, 7) is 9.03. The van der Waals surface area contributed by atoms with E-state index in [1.807, 2.05) is 27.7 Å². The van der Waals surface area contributed by atoms with Crippen LogP contribution in [0.5, 0.6) is 0 Å². The molecule has 0 aromatic carbocycles. The number of rotatable bonds is 4. The van der Waals surface area contributed by atoms with E-state index in [0.29, 0.717) is 5.13 Å². The highest BCUT2D eigenvalue weighted by molar-refractivity contribution is 7.15. The molecule has 0 saturated carbocycles. The second kappa shape index (κ2) is 5.95. The summed E-state index contributed by atoms with van der Waals surface area (Å²) < 4.78 is 0. The van der Waals surface area contributed by atoms with Crippen molar-refractivity contribution in [2.24, 2.45) is 5.92 Å². The Labute approximate surface area is 111 Å². The first-order chi connectivity index (χ1) is 8.31. The van der Waals surface area contributed by atoms with E-state index < -0.39 is 6.04 Å². The lowest BCUT2D eigenvalue weighted by Gasteiger charge is -2.20. The van der Waals surface area contributed by atoms with Crippen molar-refractivity contribution >= 4 is 28.3 Å². The number of nitrogens with one attached hydrogen (secondary N) is 2. The minimum atomic E-state index is -0.535. The van der Waals surface area contributed by atoms with E-state index >= 15 is 0 Å². The second-order valence-electron chi connectivity index (χ2n) is 4.57. The Morgan fingerprint density at radius 2 is 1.89 bits per heavy atom. The second-order valence-corrected chi connectivity index (χ2v) is 5.78. The first kappa shape index (κ1) is 14.6. The van der Waals surface area contributed by atoms with Crippen LogP contribution in [0.15, 0.2) is 0 Å². The molecule has 0 saturated heterocycles. The van der Waals surface area contributed by atoms with Gasteiger partial charge in [0.1, 0.15) is 6.04 Å². The molecule has 0 aliphatic rings. The molecule has 1 aromatic heterocycles. The number of carbonyl (C=O) groups is 2. The molecular formula is C12H19N3O2S. The Kier molecular flexibility index (Phi) is 4.84. The van der Waals surface area contributed by atoms with Gasteiger partial charge in [0.2, 0.25) is 11.8 Å². The van der Waals surface area contributed by atoms with Crippen LogP contribution in [0, 0.1) is 19.8 Å². The number of aryl methyl sites for hydroxylation is 2. The van der Waals surface area contributed by atoms with Crippen molar-refractivity contribution in [3.63, 3.8) is 0 Å². The number of thiazole rings is 1. The lowest BCUT2D eigenvalue weighted by atomic mass is 10.0. The normalized spacial score (nSPS) is 12.3. The van der Waals surface area contributed by atoms with Gasteiger partial charge in [-0.1, -0.05) is 13.8 Å². The van der Waals surface area contributed by atoms with E-state index in [1.165, 1.54) is 18.3 Å². The molecule has 2 amide bonds. The molecule has 5 nitrogen and oxygen atoms in total. The van der Waals surface area contributed by atoms with Gasteiger partial charge in [0.05, 0.1) is 5.69 Å². The average molecular weight is 269 g/mol. The molecule has 0 unspecified atom stereocenters. The number of hydrogen-bond acceptors (Lipinski definition) is 4. The third-order valence-electron chi connectivity index (χ3n) is 2.57. The summed E-state index contributed by atoms with van der Waals surface area (Å²) in [5.41, 5.74) is 0.913. The maximum absolute atomic E-state index is 12.1. The van der Waals surface area contributed by atoms with Crippen LogP contribution in [0.25, 0.3) is 0 Å².